The molecule has 0 saturated carbocycles. The minimum absolute atomic E-state index is 0. The Morgan fingerprint density at radius 1 is 1.43 bits per heavy atom. The van der Waals surface area contributed by atoms with Crippen LogP contribution in [-0.2, 0) is 4.74 Å². The molecule has 0 fully saturated rings. The quantitative estimate of drug-likeness (QED) is 0.909. The summed E-state index contributed by atoms with van der Waals surface area (Å²) in [6, 6.07) is 7.23. The molecule has 116 valence electrons. The Hall–Kier alpha value is -1.59. The molecule has 4 nitrogen and oxygen atoms in total. The molecular weight excluding hydrogens is 295 g/mol. The smallest absolute Gasteiger partial charge is 0.216 e. The maximum Gasteiger partial charge on any atom is 0.216 e. The monoisotopic (exact) mass is 314 g/mol. The number of nitrogens with two attached hydrogens (primary N) is 1. The van der Waals surface area contributed by atoms with Gasteiger partial charge in [-0.3, -0.25) is 0 Å². The Bertz CT molecular complexity index is 527. The lowest BCUT2D eigenvalue weighted by Crippen LogP contribution is -2.17. The number of rotatable bonds is 5. The number of hydrogen-bond donors (Lipinski definition) is 1. The number of ether oxygens (including phenoxy) is 2. The summed E-state index contributed by atoms with van der Waals surface area (Å²) in [4.78, 5) is 4.49. The molecule has 0 unspecified atom stereocenters. The van der Waals surface area contributed by atoms with Crippen molar-refractivity contribution in [3.63, 3.8) is 0 Å². The van der Waals surface area contributed by atoms with Gasteiger partial charge in [-0.25, -0.2) is 9.38 Å². The molecule has 21 heavy (non-hydrogen) atoms. The third-order valence-electron chi connectivity index (χ3n) is 2.78. The van der Waals surface area contributed by atoms with Crippen LogP contribution in [0.1, 0.15) is 19.4 Å². The second kappa shape index (κ2) is 7.43. The van der Waals surface area contributed by atoms with E-state index in [1.807, 2.05) is 26.0 Å². The molecule has 0 aliphatic carbocycles. The van der Waals surface area contributed by atoms with Gasteiger partial charge >= 0.3 is 0 Å². The summed E-state index contributed by atoms with van der Waals surface area (Å²) < 4.78 is 24.0. The summed E-state index contributed by atoms with van der Waals surface area (Å²) in [5, 5.41) is 0. The fourth-order valence-electron chi connectivity index (χ4n) is 1.77. The standard InChI is InChI=1S/C15H19FN2O2.ClH/c1-15(2)10-20-14(18-15)11-3-5-13(6-4-11)19-9-12(16)7-8-17;/h3-7H,8-10,17H2,1-2H3;1H. The van der Waals surface area contributed by atoms with Crippen LogP contribution in [0.25, 0.3) is 0 Å². The topological polar surface area (TPSA) is 56.8 Å². The van der Waals surface area contributed by atoms with Gasteiger partial charge in [0.15, 0.2) is 0 Å². The highest BCUT2D eigenvalue weighted by Gasteiger charge is 2.26. The molecule has 0 spiro atoms. The van der Waals surface area contributed by atoms with Gasteiger partial charge in [0.25, 0.3) is 0 Å². The van der Waals surface area contributed by atoms with Crippen molar-refractivity contribution < 1.29 is 13.9 Å². The van der Waals surface area contributed by atoms with Crippen molar-refractivity contribution in [2.75, 3.05) is 19.8 Å². The second-order valence-electron chi connectivity index (χ2n) is 5.22. The first kappa shape index (κ1) is 17.5. The third-order valence-corrected chi connectivity index (χ3v) is 2.78. The maximum absolute atomic E-state index is 13.1. The Morgan fingerprint density at radius 3 is 2.62 bits per heavy atom. The normalized spacial score (nSPS) is 16.8. The lowest BCUT2D eigenvalue weighted by atomic mass is 10.1. The van der Waals surface area contributed by atoms with Crippen molar-refractivity contribution in [3.8, 4) is 5.75 Å². The summed E-state index contributed by atoms with van der Waals surface area (Å²) in [6.07, 6.45) is 1.29. The van der Waals surface area contributed by atoms with Crippen molar-refractivity contribution in [2.24, 2.45) is 10.7 Å². The van der Waals surface area contributed by atoms with Gasteiger partial charge in [0.1, 0.15) is 24.8 Å². The molecule has 1 heterocycles. The van der Waals surface area contributed by atoms with Gasteiger partial charge in [-0.15, -0.1) is 12.4 Å². The Labute approximate surface area is 130 Å². The Morgan fingerprint density at radius 2 is 2.10 bits per heavy atom. The number of benzene rings is 1. The van der Waals surface area contributed by atoms with E-state index in [1.165, 1.54) is 6.08 Å². The summed E-state index contributed by atoms with van der Waals surface area (Å²) in [5.74, 6) is 0.852. The number of nitrogens with zero attached hydrogens (tertiary/aromatic N) is 1. The van der Waals surface area contributed by atoms with E-state index in [4.69, 9.17) is 15.2 Å². The van der Waals surface area contributed by atoms with E-state index in [0.29, 0.717) is 18.3 Å². The van der Waals surface area contributed by atoms with E-state index < -0.39 is 0 Å². The zero-order chi connectivity index (χ0) is 14.6. The van der Waals surface area contributed by atoms with E-state index in [1.54, 1.807) is 12.1 Å². The van der Waals surface area contributed by atoms with Gasteiger partial charge in [-0.1, -0.05) is 0 Å². The van der Waals surface area contributed by atoms with Crippen molar-refractivity contribution in [2.45, 2.75) is 19.4 Å². The molecule has 0 aromatic heterocycles. The lowest BCUT2D eigenvalue weighted by Gasteiger charge is -2.07. The minimum Gasteiger partial charge on any atom is -0.487 e. The highest BCUT2D eigenvalue weighted by molar-refractivity contribution is 5.95. The molecule has 1 aliphatic heterocycles. The van der Waals surface area contributed by atoms with E-state index in [9.17, 15) is 4.39 Å². The molecule has 1 aliphatic rings. The maximum atomic E-state index is 13.1. The zero-order valence-corrected chi connectivity index (χ0v) is 13.0. The molecule has 0 bridgehead atoms. The summed E-state index contributed by atoms with van der Waals surface area (Å²) >= 11 is 0. The van der Waals surface area contributed by atoms with E-state index >= 15 is 0 Å². The molecule has 1 aromatic carbocycles. The minimum atomic E-state index is -0.373. The number of aliphatic imine (C=N–C) groups is 1. The van der Waals surface area contributed by atoms with Crippen LogP contribution < -0.4 is 10.5 Å². The fourth-order valence-corrected chi connectivity index (χ4v) is 1.77. The lowest BCUT2D eigenvalue weighted by molar-refractivity contribution is 0.279. The van der Waals surface area contributed by atoms with Crippen molar-refractivity contribution in [3.05, 3.63) is 41.7 Å². The van der Waals surface area contributed by atoms with Crippen molar-refractivity contribution >= 4 is 18.3 Å². The van der Waals surface area contributed by atoms with Crippen LogP contribution in [-0.4, -0.2) is 31.2 Å². The Kier molecular flexibility index (Phi) is 6.18. The molecule has 0 radical (unpaired) electrons. The van der Waals surface area contributed by atoms with Gasteiger partial charge in [0, 0.05) is 12.1 Å². The van der Waals surface area contributed by atoms with Crippen LogP contribution in [0.4, 0.5) is 4.39 Å². The Balaban J connectivity index is 0.00000220. The molecule has 2 N–H and O–H groups in total. The molecule has 6 heteroatoms. The molecule has 1 aromatic rings. The summed E-state index contributed by atoms with van der Waals surface area (Å²) in [5.41, 5.74) is 5.92. The molecule has 0 atom stereocenters. The first-order valence-electron chi connectivity index (χ1n) is 6.51. The van der Waals surface area contributed by atoms with Gasteiger partial charge in [0.2, 0.25) is 5.90 Å². The van der Waals surface area contributed by atoms with Crippen LogP contribution in [0.5, 0.6) is 5.75 Å². The average molecular weight is 315 g/mol. The van der Waals surface area contributed by atoms with Crippen molar-refractivity contribution in [1.82, 2.24) is 0 Å². The van der Waals surface area contributed by atoms with Gasteiger partial charge in [-0.2, -0.15) is 0 Å². The first-order valence-corrected chi connectivity index (χ1v) is 6.51. The third kappa shape index (κ3) is 5.02. The highest BCUT2D eigenvalue weighted by atomic mass is 35.5. The summed E-state index contributed by atoms with van der Waals surface area (Å²) in [7, 11) is 0. The second-order valence-corrected chi connectivity index (χ2v) is 5.22. The van der Waals surface area contributed by atoms with E-state index in [-0.39, 0.29) is 36.9 Å². The molecule has 0 amide bonds. The fraction of sp³-hybridized carbons (Fsp3) is 0.400. The van der Waals surface area contributed by atoms with Gasteiger partial charge in [-0.05, 0) is 44.2 Å². The highest BCUT2D eigenvalue weighted by Crippen LogP contribution is 2.22. The van der Waals surface area contributed by atoms with Crippen LogP contribution in [0.2, 0.25) is 0 Å². The SMILES string of the molecule is CC1(C)COC(c2ccc(OCC(F)=CCN)cc2)=N1.Cl. The first-order chi connectivity index (χ1) is 9.50. The van der Waals surface area contributed by atoms with Crippen LogP contribution in [0, 0.1) is 0 Å². The van der Waals surface area contributed by atoms with Crippen molar-refractivity contribution in [1.29, 1.82) is 0 Å². The molecular formula is C15H20ClFN2O2. The molecule has 0 saturated heterocycles. The predicted molar refractivity (Wildman–Crippen MR) is 84.0 cm³/mol. The van der Waals surface area contributed by atoms with Crippen LogP contribution in [0.3, 0.4) is 0 Å². The van der Waals surface area contributed by atoms with Crippen LogP contribution >= 0.6 is 12.4 Å². The number of halogens is 2. The summed E-state index contributed by atoms with van der Waals surface area (Å²) in [6.45, 7) is 4.67. The van der Waals surface area contributed by atoms with E-state index in [2.05, 4.69) is 4.99 Å². The largest absolute Gasteiger partial charge is 0.487 e. The predicted octanol–water partition coefficient (Wildman–Crippen LogP) is 2.85. The van der Waals surface area contributed by atoms with Gasteiger partial charge < -0.3 is 15.2 Å². The number of hydrogen-bond acceptors (Lipinski definition) is 4. The molecule has 2 rings (SSSR count). The average Bonchev–Trinajstić information content (AvgIpc) is 2.78. The van der Waals surface area contributed by atoms with E-state index in [0.717, 1.165) is 5.56 Å². The van der Waals surface area contributed by atoms with Crippen LogP contribution in [0.15, 0.2) is 41.2 Å². The van der Waals surface area contributed by atoms with Gasteiger partial charge in [0.05, 0.1) is 5.54 Å². The zero-order valence-electron chi connectivity index (χ0n) is 12.1.